The minimum Gasteiger partial charge on any atom is -0.466 e. The fraction of sp³-hybridized carbons (Fsp3) is 0.417. The third-order valence-corrected chi connectivity index (χ3v) is 2.98. The highest BCUT2D eigenvalue weighted by molar-refractivity contribution is 14.1. The van der Waals surface area contributed by atoms with Crippen molar-refractivity contribution in [1.29, 1.82) is 0 Å². The van der Waals surface area contributed by atoms with Crippen LogP contribution in [0.25, 0.3) is 0 Å². The van der Waals surface area contributed by atoms with E-state index >= 15 is 0 Å². The lowest BCUT2D eigenvalue weighted by Gasteiger charge is -2.08. The molecule has 0 N–H and O–H groups in total. The highest BCUT2D eigenvalue weighted by Gasteiger charge is 2.09. The SMILES string of the molecule is CCOC(=O)CCc1ccc(OC(F)F)c(I)c1. The Balaban J connectivity index is 2.58. The van der Waals surface area contributed by atoms with Crippen molar-refractivity contribution < 1.29 is 23.0 Å². The van der Waals surface area contributed by atoms with Crippen LogP contribution in [0.4, 0.5) is 8.78 Å². The van der Waals surface area contributed by atoms with Gasteiger partial charge in [0.1, 0.15) is 5.75 Å². The zero-order valence-corrected chi connectivity index (χ0v) is 11.9. The summed E-state index contributed by atoms with van der Waals surface area (Å²) in [5.74, 6) is -0.120. The molecule has 0 aromatic heterocycles. The summed E-state index contributed by atoms with van der Waals surface area (Å²) in [6, 6.07) is 4.87. The van der Waals surface area contributed by atoms with Gasteiger partial charge in [0.05, 0.1) is 10.2 Å². The van der Waals surface area contributed by atoms with Crippen LogP contribution in [-0.4, -0.2) is 19.2 Å². The van der Waals surface area contributed by atoms with Crippen LogP contribution in [0.15, 0.2) is 18.2 Å². The largest absolute Gasteiger partial charge is 0.466 e. The molecule has 0 saturated carbocycles. The van der Waals surface area contributed by atoms with E-state index in [1.165, 1.54) is 6.07 Å². The topological polar surface area (TPSA) is 35.5 Å². The van der Waals surface area contributed by atoms with Crippen LogP contribution >= 0.6 is 22.6 Å². The van der Waals surface area contributed by atoms with E-state index < -0.39 is 6.61 Å². The van der Waals surface area contributed by atoms with E-state index in [1.54, 1.807) is 19.1 Å². The minimum absolute atomic E-state index is 0.144. The zero-order valence-electron chi connectivity index (χ0n) is 9.79. The van der Waals surface area contributed by atoms with Crippen molar-refractivity contribution in [3.05, 3.63) is 27.3 Å². The zero-order chi connectivity index (χ0) is 13.5. The van der Waals surface area contributed by atoms with Crippen molar-refractivity contribution in [3.8, 4) is 5.75 Å². The molecule has 0 radical (unpaired) electrons. The Morgan fingerprint density at radius 1 is 1.44 bits per heavy atom. The summed E-state index contributed by atoms with van der Waals surface area (Å²) in [6.07, 6.45) is 0.794. The van der Waals surface area contributed by atoms with Crippen LogP contribution in [0.1, 0.15) is 18.9 Å². The number of ether oxygens (including phenoxy) is 2. The number of alkyl halides is 2. The lowest BCUT2D eigenvalue weighted by molar-refractivity contribution is -0.143. The van der Waals surface area contributed by atoms with Crippen LogP contribution < -0.4 is 4.74 Å². The molecule has 6 heteroatoms. The van der Waals surface area contributed by atoms with Crippen LogP contribution in [0.2, 0.25) is 0 Å². The molecule has 18 heavy (non-hydrogen) atoms. The van der Waals surface area contributed by atoms with E-state index in [-0.39, 0.29) is 18.1 Å². The molecule has 0 atom stereocenters. The first kappa shape index (κ1) is 15.1. The van der Waals surface area contributed by atoms with Crippen molar-refractivity contribution in [1.82, 2.24) is 0 Å². The van der Waals surface area contributed by atoms with Gasteiger partial charge >= 0.3 is 12.6 Å². The highest BCUT2D eigenvalue weighted by Crippen LogP contribution is 2.24. The minimum atomic E-state index is -2.83. The standard InChI is InChI=1S/C12H13F2IO3/c1-2-17-11(16)6-4-8-3-5-10(9(15)7-8)18-12(13)14/h3,5,7,12H,2,4,6H2,1H3. The fourth-order valence-electron chi connectivity index (χ4n) is 1.37. The lowest BCUT2D eigenvalue weighted by Crippen LogP contribution is -2.06. The summed E-state index contributed by atoms with van der Waals surface area (Å²) in [5, 5.41) is 0. The molecule has 0 saturated heterocycles. The summed E-state index contributed by atoms with van der Waals surface area (Å²) in [7, 11) is 0. The van der Waals surface area contributed by atoms with Crippen molar-refractivity contribution in [2.45, 2.75) is 26.4 Å². The molecule has 0 bridgehead atoms. The predicted octanol–water partition coefficient (Wildman–Crippen LogP) is 3.39. The smallest absolute Gasteiger partial charge is 0.387 e. The van der Waals surface area contributed by atoms with E-state index in [9.17, 15) is 13.6 Å². The average Bonchev–Trinajstić information content (AvgIpc) is 2.29. The molecule has 1 aromatic rings. The number of hydrogen-bond acceptors (Lipinski definition) is 3. The van der Waals surface area contributed by atoms with Crippen molar-refractivity contribution >= 4 is 28.6 Å². The van der Waals surface area contributed by atoms with Gasteiger partial charge in [-0.05, 0) is 53.6 Å². The quantitative estimate of drug-likeness (QED) is 0.569. The second kappa shape index (κ2) is 7.50. The third kappa shape index (κ3) is 5.16. The van der Waals surface area contributed by atoms with Gasteiger partial charge in [-0.3, -0.25) is 4.79 Å². The number of aryl methyl sites for hydroxylation is 1. The molecule has 0 amide bonds. The average molecular weight is 370 g/mol. The monoisotopic (exact) mass is 370 g/mol. The third-order valence-electron chi connectivity index (χ3n) is 2.14. The molecule has 1 rings (SSSR count). The molecular weight excluding hydrogens is 357 g/mol. The van der Waals surface area contributed by atoms with E-state index in [0.717, 1.165) is 5.56 Å². The number of rotatable bonds is 6. The number of benzene rings is 1. The van der Waals surface area contributed by atoms with Gasteiger partial charge in [0.25, 0.3) is 0 Å². The summed E-state index contributed by atoms with van der Waals surface area (Å²) in [6.45, 7) is -0.724. The summed E-state index contributed by atoms with van der Waals surface area (Å²) in [4.78, 5) is 11.2. The van der Waals surface area contributed by atoms with Gasteiger partial charge in [-0.15, -0.1) is 0 Å². The van der Waals surface area contributed by atoms with Crippen molar-refractivity contribution in [2.24, 2.45) is 0 Å². The Bertz CT molecular complexity index is 410. The van der Waals surface area contributed by atoms with Crippen LogP contribution in [-0.2, 0) is 16.0 Å². The van der Waals surface area contributed by atoms with Gasteiger partial charge in [-0.25, -0.2) is 0 Å². The molecule has 0 aliphatic rings. The molecule has 100 valence electrons. The molecular formula is C12H13F2IO3. The number of esters is 1. The van der Waals surface area contributed by atoms with Crippen molar-refractivity contribution in [2.75, 3.05) is 6.61 Å². The van der Waals surface area contributed by atoms with Gasteiger partial charge in [-0.2, -0.15) is 8.78 Å². The maximum Gasteiger partial charge on any atom is 0.387 e. The summed E-state index contributed by atoms with van der Waals surface area (Å²) in [5.41, 5.74) is 0.883. The first-order valence-electron chi connectivity index (χ1n) is 5.41. The van der Waals surface area contributed by atoms with E-state index in [1.807, 2.05) is 22.6 Å². The van der Waals surface area contributed by atoms with Crippen LogP contribution in [0, 0.1) is 3.57 Å². The van der Waals surface area contributed by atoms with E-state index in [2.05, 4.69) is 4.74 Å². The summed E-state index contributed by atoms with van der Waals surface area (Å²) < 4.78 is 33.8. The number of carbonyl (C=O) groups excluding carboxylic acids is 1. The summed E-state index contributed by atoms with van der Waals surface area (Å²) >= 11 is 1.92. The molecule has 0 spiro atoms. The van der Waals surface area contributed by atoms with Gasteiger partial charge in [0.2, 0.25) is 0 Å². The second-order valence-electron chi connectivity index (χ2n) is 3.45. The van der Waals surface area contributed by atoms with E-state index in [4.69, 9.17) is 4.74 Å². The van der Waals surface area contributed by atoms with Crippen molar-refractivity contribution in [3.63, 3.8) is 0 Å². The molecule has 0 aliphatic heterocycles. The Hall–Kier alpha value is -0.920. The Labute approximate surface area is 118 Å². The number of halogens is 3. The molecule has 0 unspecified atom stereocenters. The first-order chi connectivity index (χ1) is 8.52. The van der Waals surface area contributed by atoms with Gasteiger partial charge in [0, 0.05) is 6.42 Å². The van der Waals surface area contributed by atoms with Gasteiger partial charge in [-0.1, -0.05) is 6.07 Å². The molecule has 0 heterocycles. The Morgan fingerprint density at radius 2 is 2.17 bits per heavy atom. The van der Waals surface area contributed by atoms with Crippen LogP contribution in [0.3, 0.4) is 0 Å². The number of carbonyl (C=O) groups is 1. The molecule has 0 fully saturated rings. The normalized spacial score (nSPS) is 10.5. The Morgan fingerprint density at radius 3 is 2.72 bits per heavy atom. The maximum atomic E-state index is 12.1. The second-order valence-corrected chi connectivity index (χ2v) is 4.61. The Kier molecular flexibility index (Phi) is 6.31. The highest BCUT2D eigenvalue weighted by atomic mass is 127. The first-order valence-corrected chi connectivity index (χ1v) is 6.49. The molecule has 1 aromatic carbocycles. The number of hydrogen-bond donors (Lipinski definition) is 0. The van der Waals surface area contributed by atoms with Gasteiger partial charge < -0.3 is 9.47 Å². The van der Waals surface area contributed by atoms with Gasteiger partial charge in [0.15, 0.2) is 0 Å². The maximum absolute atomic E-state index is 12.1. The predicted molar refractivity (Wildman–Crippen MR) is 70.7 cm³/mol. The fourth-order valence-corrected chi connectivity index (χ4v) is 2.08. The lowest BCUT2D eigenvalue weighted by atomic mass is 10.1. The van der Waals surface area contributed by atoms with E-state index in [0.29, 0.717) is 16.6 Å². The molecule has 3 nitrogen and oxygen atoms in total. The van der Waals surface area contributed by atoms with Crippen LogP contribution in [0.5, 0.6) is 5.75 Å². The molecule has 0 aliphatic carbocycles.